The Kier molecular flexibility index (Phi) is 15.0. The van der Waals surface area contributed by atoms with Gasteiger partial charge in [0, 0.05) is 95.4 Å². The van der Waals surface area contributed by atoms with E-state index in [0.29, 0.717) is 72.4 Å². The molecule has 4 aliphatic heterocycles. The van der Waals surface area contributed by atoms with Gasteiger partial charge in [-0.2, -0.15) is 0 Å². The number of hydrogen-bond acceptors (Lipinski definition) is 16. The van der Waals surface area contributed by atoms with Gasteiger partial charge in [-0.1, -0.05) is 88.6 Å². The van der Waals surface area contributed by atoms with Crippen LogP contribution < -0.4 is 26.7 Å². The predicted octanol–water partition coefficient (Wildman–Crippen LogP) is 5.86. The fourth-order valence-corrected chi connectivity index (χ4v) is 18.3. The first-order valence-corrected chi connectivity index (χ1v) is 29.9. The Morgan fingerprint density at radius 2 is 1.88 bits per heavy atom. The number of aliphatic hydroxyl groups excluding tert-OH is 4. The fourth-order valence-electron chi connectivity index (χ4n) is 15.2. The van der Waals surface area contributed by atoms with E-state index in [0.717, 1.165) is 40.7 Å². The molecule has 12 unspecified atom stereocenters. The van der Waals surface area contributed by atoms with Gasteiger partial charge >= 0.3 is 11.6 Å². The molecule has 5 heterocycles. The number of carbonyl (C=O) groups is 3. The van der Waals surface area contributed by atoms with Crippen molar-refractivity contribution in [1.29, 1.82) is 0 Å². The van der Waals surface area contributed by atoms with Crippen LogP contribution in [0.1, 0.15) is 88.3 Å². The van der Waals surface area contributed by atoms with Crippen LogP contribution in [-0.4, -0.2) is 123 Å². The minimum absolute atomic E-state index is 0.0398. The highest BCUT2D eigenvalue weighted by Gasteiger charge is 2.68. The highest BCUT2D eigenvalue weighted by molar-refractivity contribution is 8.77. The zero-order valence-corrected chi connectivity index (χ0v) is 45.7. The Hall–Kier alpha value is -5.14. The summed E-state index contributed by atoms with van der Waals surface area (Å²) in [5, 5.41) is 51.3. The number of ether oxygens (including phenoxy) is 2. The Labute approximate surface area is 457 Å². The lowest BCUT2D eigenvalue weighted by Crippen LogP contribution is -2.75. The van der Waals surface area contributed by atoms with Crippen molar-refractivity contribution in [2.24, 2.45) is 35.3 Å². The molecule has 0 radical (unpaired) electrons. The largest absolute Gasteiger partial charge is 0.481 e. The van der Waals surface area contributed by atoms with Gasteiger partial charge in [-0.05, 0) is 112 Å². The number of nitrogens with one attached hydrogen (secondary N) is 2. The van der Waals surface area contributed by atoms with Crippen LogP contribution in [0.25, 0.3) is 11.0 Å². The van der Waals surface area contributed by atoms with E-state index in [4.69, 9.17) is 19.6 Å². The number of aliphatic hydroxyl groups is 4. The summed E-state index contributed by atoms with van der Waals surface area (Å²) in [5.74, 6) is -1.42. The molecule has 3 fully saturated rings. The van der Waals surface area contributed by atoms with Gasteiger partial charge in [0.1, 0.15) is 11.3 Å². The van der Waals surface area contributed by atoms with Crippen LogP contribution in [0, 0.1) is 29.6 Å². The molecule has 11 rings (SSSR count). The molecule has 12 atom stereocenters. The number of hydrogen-bond donors (Lipinski definition) is 7. The Bertz CT molecular complexity index is 3040. The number of nitrogens with two attached hydrogens (primary N) is 1. The van der Waals surface area contributed by atoms with Crippen LogP contribution in [0.3, 0.4) is 0 Å². The molecule has 77 heavy (non-hydrogen) atoms. The summed E-state index contributed by atoms with van der Waals surface area (Å²) in [5.41, 5.74) is 7.67. The Morgan fingerprint density at radius 1 is 1.09 bits per heavy atom. The fraction of sp³-hybridized carbons (Fsp3) is 0.533. The van der Waals surface area contributed by atoms with Crippen LogP contribution in [0.15, 0.2) is 116 Å². The lowest BCUT2D eigenvalue weighted by Gasteiger charge is -2.62. The van der Waals surface area contributed by atoms with Gasteiger partial charge in [0.2, 0.25) is 5.91 Å². The number of allylic oxidation sites excluding steroid dienone is 3. The first-order valence-electron chi connectivity index (χ1n) is 27.6. The van der Waals surface area contributed by atoms with Crippen molar-refractivity contribution in [2.75, 3.05) is 39.2 Å². The molecule has 1 spiro atoms. The monoisotopic (exact) mass is 1090 g/mol. The smallest absolute Gasteiger partial charge is 0.340 e. The summed E-state index contributed by atoms with van der Waals surface area (Å²) in [7, 11) is 5.24. The van der Waals surface area contributed by atoms with Crippen molar-refractivity contribution < 1.29 is 48.7 Å². The second-order valence-electron chi connectivity index (χ2n) is 22.9. The molecule has 2 saturated carbocycles. The molecule has 1 saturated heterocycles. The number of ketones is 1. The van der Waals surface area contributed by atoms with E-state index in [1.54, 1.807) is 53.7 Å². The number of nitrogens with zero attached hydrogens (tertiary/aromatic N) is 1. The molecular weight excluding hydrogens is 1020 g/mol. The number of carbonyl (C=O) groups excluding carboxylic acids is 3. The summed E-state index contributed by atoms with van der Waals surface area (Å²) in [6, 6.07) is 15.0. The number of esters is 1. The first-order chi connectivity index (χ1) is 37.2. The quantitative estimate of drug-likeness (QED) is 0.0329. The van der Waals surface area contributed by atoms with E-state index < -0.39 is 52.8 Å². The van der Waals surface area contributed by atoms with E-state index in [9.17, 15) is 34.8 Å². The Morgan fingerprint density at radius 3 is 2.61 bits per heavy atom. The van der Waals surface area contributed by atoms with Gasteiger partial charge in [-0.25, -0.2) is 9.59 Å². The van der Waals surface area contributed by atoms with Gasteiger partial charge in [0.15, 0.2) is 17.0 Å². The normalized spacial score (nSPS) is 32.0. The molecule has 1 amide bonds. The molecule has 15 nitrogen and oxygen atoms in total. The van der Waals surface area contributed by atoms with Crippen LogP contribution in [-0.2, 0) is 37.4 Å². The summed E-state index contributed by atoms with van der Waals surface area (Å²) >= 11 is 0. The molecule has 3 aromatic rings. The number of benzene rings is 2. The molecule has 8 N–H and O–H groups in total. The van der Waals surface area contributed by atoms with Crippen molar-refractivity contribution in [3.63, 3.8) is 0 Å². The van der Waals surface area contributed by atoms with Gasteiger partial charge in [-0.15, -0.1) is 0 Å². The summed E-state index contributed by atoms with van der Waals surface area (Å²) in [4.78, 5) is 59.9. The Balaban J connectivity index is 1.02. The van der Waals surface area contributed by atoms with Crippen LogP contribution in [0.5, 0.6) is 5.75 Å². The third-order valence-corrected chi connectivity index (χ3v) is 21.9. The number of amides is 1. The van der Waals surface area contributed by atoms with Crippen molar-refractivity contribution in [2.45, 2.75) is 131 Å². The van der Waals surface area contributed by atoms with E-state index in [-0.39, 0.29) is 97.4 Å². The average Bonchev–Trinajstić information content (AvgIpc) is 4.04. The van der Waals surface area contributed by atoms with E-state index in [1.807, 2.05) is 72.6 Å². The number of fused-ring (bicyclic) bond motifs is 7. The third-order valence-electron chi connectivity index (χ3n) is 19.1. The zero-order valence-electron chi connectivity index (χ0n) is 44.1. The van der Waals surface area contributed by atoms with E-state index in [1.165, 1.54) is 0 Å². The van der Waals surface area contributed by atoms with Gasteiger partial charge in [0.05, 0.1) is 43.0 Å². The standard InChI is InChI=1S/C60H72N4O11S2/c1-4-34(16-19-65)56(71)75-58(2)40(31-67)22-38-32-76-77-49-25-43-46(69)15-14-45-52(54(43)62-3)55(49)64(45)51(70)24-37-29-63-50(61)26-42(37)53(38)60(58)28-36-21-35-23-44(57(72)73-47(35)27-48(36)74-60)59(17-8-9-18-59)39(30-66)12-13-41(68)20-33-10-6-5-7-11-33/h4-7,10-11,14-15,21-23,26-27,39-41,43,45,49,52-55,62-63,65-68H,8-9,12-13,16-20,24-25,28-32,61H2,1-3H3. The molecule has 8 aliphatic rings. The summed E-state index contributed by atoms with van der Waals surface area (Å²) < 4.78 is 20.7. The van der Waals surface area contributed by atoms with E-state index >= 15 is 4.79 Å². The van der Waals surface area contributed by atoms with Crippen molar-refractivity contribution >= 4 is 50.2 Å². The first kappa shape index (κ1) is 53.8. The topological polar surface area (TPSA) is 234 Å². The summed E-state index contributed by atoms with van der Waals surface area (Å²) in [6.07, 6.45) is 13.9. The highest BCUT2D eigenvalue weighted by atomic mass is 33.1. The SMILES string of the molecule is CC=C(CCO)C(=O)OC1(C)C(CO)C=C2CSSC3CC4C(=O)C=CC5C(C4NC)C3N5C(=O)CC3=C(C=C(N)NC3)C2C12Cc1cc3cc(C4(C(CO)CCC(O)Cc5ccccc5)CCCC4)c(=O)oc3cc1O2. The highest BCUT2D eigenvalue weighted by Crippen LogP contribution is 2.60. The van der Waals surface area contributed by atoms with Crippen molar-refractivity contribution in [1.82, 2.24) is 15.5 Å². The van der Waals surface area contributed by atoms with Crippen LogP contribution in [0.2, 0.25) is 0 Å². The maximum absolute atomic E-state index is 15.1. The minimum atomic E-state index is -1.62. The van der Waals surface area contributed by atoms with Crippen LogP contribution in [0.4, 0.5) is 0 Å². The molecule has 410 valence electrons. The third kappa shape index (κ3) is 9.13. The molecular formula is C60H72N4O11S2. The minimum Gasteiger partial charge on any atom is -0.481 e. The average molecular weight is 1090 g/mol. The lowest BCUT2D eigenvalue weighted by atomic mass is 9.57. The van der Waals surface area contributed by atoms with Crippen LogP contribution >= 0.6 is 21.6 Å². The second kappa shape index (κ2) is 21.5. The molecule has 2 bridgehead atoms. The van der Waals surface area contributed by atoms with Gasteiger partial charge in [0.25, 0.3) is 0 Å². The second-order valence-corrected chi connectivity index (χ2v) is 25.5. The van der Waals surface area contributed by atoms with E-state index in [2.05, 4.69) is 10.6 Å². The number of rotatable bonds is 14. The van der Waals surface area contributed by atoms with Gasteiger partial charge < -0.3 is 55.6 Å². The summed E-state index contributed by atoms with van der Waals surface area (Å²) in [6.45, 7) is 2.90. The zero-order chi connectivity index (χ0) is 54.0. The lowest BCUT2D eigenvalue weighted by molar-refractivity contribution is -0.202. The maximum atomic E-state index is 15.1. The number of dihydropyridines is 1. The maximum Gasteiger partial charge on any atom is 0.340 e. The molecule has 17 heteroatoms. The van der Waals surface area contributed by atoms with Crippen molar-refractivity contribution in [3.05, 3.63) is 134 Å². The molecule has 4 aliphatic carbocycles. The van der Waals surface area contributed by atoms with Gasteiger partial charge in [-0.3, -0.25) is 9.59 Å². The predicted molar refractivity (Wildman–Crippen MR) is 297 cm³/mol. The van der Waals surface area contributed by atoms with Crippen molar-refractivity contribution in [3.8, 4) is 5.75 Å². The molecule has 1 aromatic heterocycles. The molecule has 2 aromatic carbocycles.